The summed E-state index contributed by atoms with van der Waals surface area (Å²) >= 11 is 0. The van der Waals surface area contributed by atoms with Gasteiger partial charge in [-0.2, -0.15) is 5.10 Å². The van der Waals surface area contributed by atoms with Gasteiger partial charge in [-0.05, 0) is 68.4 Å². The van der Waals surface area contributed by atoms with E-state index in [1.54, 1.807) is 16.8 Å². The molecule has 9 nitrogen and oxygen atoms in total. The van der Waals surface area contributed by atoms with Crippen LogP contribution >= 0.6 is 0 Å². The van der Waals surface area contributed by atoms with E-state index in [2.05, 4.69) is 20.4 Å². The molecule has 2 N–H and O–H groups in total. The van der Waals surface area contributed by atoms with Crippen molar-refractivity contribution < 1.29 is 27.1 Å². The smallest absolute Gasteiger partial charge is 0.270 e. The lowest BCUT2D eigenvalue weighted by Crippen LogP contribution is -2.36. The van der Waals surface area contributed by atoms with Crippen molar-refractivity contribution >= 4 is 17.0 Å². The average Bonchev–Trinajstić information content (AvgIpc) is 3.60. The lowest BCUT2D eigenvalue weighted by Gasteiger charge is -2.30. The van der Waals surface area contributed by atoms with Crippen LogP contribution in [0.3, 0.4) is 0 Å². The highest BCUT2D eigenvalue weighted by Crippen LogP contribution is 2.38. The van der Waals surface area contributed by atoms with Crippen molar-refractivity contribution in [2.24, 2.45) is 5.92 Å². The maximum absolute atomic E-state index is 15.4. The van der Waals surface area contributed by atoms with Gasteiger partial charge in [0.2, 0.25) is 5.89 Å². The molecule has 1 fully saturated rings. The highest BCUT2D eigenvalue weighted by molar-refractivity contribution is 5.92. The van der Waals surface area contributed by atoms with Crippen molar-refractivity contribution in [1.29, 1.82) is 0 Å². The van der Waals surface area contributed by atoms with Crippen molar-refractivity contribution in [3.05, 3.63) is 81.4 Å². The van der Waals surface area contributed by atoms with Crippen LogP contribution in [0, 0.1) is 17.6 Å². The number of ether oxygens (including phenoxy) is 1. The van der Waals surface area contributed by atoms with E-state index < -0.39 is 41.2 Å². The molecule has 4 aromatic rings. The second-order valence-electron chi connectivity index (χ2n) is 10.0. The van der Waals surface area contributed by atoms with Crippen LogP contribution < -0.4 is 10.9 Å². The molecular weight excluding hydrogens is 527 g/mol. The van der Waals surface area contributed by atoms with Gasteiger partial charge in [0.1, 0.15) is 29.2 Å². The molecule has 1 aliphatic rings. The Hall–Kier alpha value is -3.93. The molecule has 212 valence electrons. The summed E-state index contributed by atoms with van der Waals surface area (Å²) in [5.74, 6) is -2.66. The maximum Gasteiger partial charge on any atom is 0.270 e. The normalized spacial score (nSPS) is 19.0. The first-order valence-corrected chi connectivity index (χ1v) is 13.2. The van der Waals surface area contributed by atoms with Crippen LogP contribution in [0.15, 0.2) is 45.9 Å². The van der Waals surface area contributed by atoms with Gasteiger partial charge in [0.05, 0.1) is 6.61 Å². The Morgan fingerprint density at radius 2 is 2.02 bits per heavy atom. The predicted octanol–water partition coefficient (Wildman–Crippen LogP) is 4.79. The van der Waals surface area contributed by atoms with Gasteiger partial charge in [0.25, 0.3) is 11.5 Å². The molecule has 0 bridgehead atoms. The maximum atomic E-state index is 15.4. The number of pyridine rings is 1. The molecule has 40 heavy (non-hydrogen) atoms. The van der Waals surface area contributed by atoms with Crippen LogP contribution in [0.2, 0.25) is 0 Å². The number of aromatic nitrogens is 4. The Balaban J connectivity index is 1.54. The van der Waals surface area contributed by atoms with Gasteiger partial charge in [-0.15, -0.1) is 0 Å². The van der Waals surface area contributed by atoms with Gasteiger partial charge >= 0.3 is 0 Å². The number of methoxy groups -OCH3 is 1. The van der Waals surface area contributed by atoms with Crippen molar-refractivity contribution in [1.82, 2.24) is 25.1 Å². The Kier molecular flexibility index (Phi) is 8.06. The minimum absolute atomic E-state index is 0.0154. The number of carbonyl (C=O) groups excluding carboxylic acids is 1. The number of halogens is 3. The van der Waals surface area contributed by atoms with Crippen LogP contribution in [-0.4, -0.2) is 45.5 Å². The average molecular weight is 558 g/mol. The summed E-state index contributed by atoms with van der Waals surface area (Å²) in [4.78, 5) is 32.6. The predicted molar refractivity (Wildman–Crippen MR) is 140 cm³/mol. The number of carbonyl (C=O) groups is 1. The van der Waals surface area contributed by atoms with Gasteiger partial charge in [0.15, 0.2) is 11.4 Å². The molecule has 3 aromatic heterocycles. The second kappa shape index (κ2) is 11.7. The molecule has 0 saturated heterocycles. The molecule has 0 spiro atoms. The number of alkyl halides is 1. The lowest BCUT2D eigenvalue weighted by molar-refractivity contribution is 0.0876. The molecule has 1 saturated carbocycles. The number of rotatable bonds is 9. The fraction of sp³-hybridized carbons (Fsp3) is 0.429. The highest BCUT2D eigenvalue weighted by Gasteiger charge is 2.34. The van der Waals surface area contributed by atoms with Crippen molar-refractivity contribution in [2.75, 3.05) is 13.7 Å². The molecule has 0 radical (unpaired) electrons. The van der Waals surface area contributed by atoms with Crippen LogP contribution in [0.25, 0.3) is 11.1 Å². The number of hydrogen-bond acceptors (Lipinski definition) is 6. The topological polar surface area (TPSA) is 115 Å². The fourth-order valence-corrected chi connectivity index (χ4v) is 5.41. The number of nitrogens with one attached hydrogen (secondary N) is 2. The summed E-state index contributed by atoms with van der Waals surface area (Å²) in [6.07, 6.45) is 3.21. The number of fused-ring (bicyclic) bond motifs is 1. The first-order valence-electron chi connectivity index (χ1n) is 13.2. The quantitative estimate of drug-likeness (QED) is 0.306. The molecule has 1 amide bonds. The van der Waals surface area contributed by atoms with Crippen LogP contribution in [0.1, 0.15) is 72.1 Å². The Morgan fingerprint density at radius 1 is 1.25 bits per heavy atom. The zero-order valence-electron chi connectivity index (χ0n) is 22.1. The van der Waals surface area contributed by atoms with E-state index >= 15 is 4.39 Å². The third-order valence-corrected chi connectivity index (χ3v) is 7.47. The Labute approximate surface area is 227 Å². The fourth-order valence-electron chi connectivity index (χ4n) is 5.41. The molecule has 2 atom stereocenters. The number of H-pyrrole nitrogens is 1. The van der Waals surface area contributed by atoms with E-state index in [4.69, 9.17) is 9.15 Å². The number of amides is 1. The monoisotopic (exact) mass is 557 g/mol. The third kappa shape index (κ3) is 5.53. The number of aryl methyl sites for hydroxylation is 1. The number of aromatic amines is 1. The van der Waals surface area contributed by atoms with Crippen molar-refractivity contribution in [3.8, 4) is 0 Å². The van der Waals surface area contributed by atoms with E-state index in [1.807, 2.05) is 6.92 Å². The summed E-state index contributed by atoms with van der Waals surface area (Å²) < 4.78 is 56.0. The summed E-state index contributed by atoms with van der Waals surface area (Å²) in [6, 6.07) is 4.70. The van der Waals surface area contributed by atoms with E-state index in [0.717, 1.165) is 12.3 Å². The molecule has 0 aliphatic heterocycles. The number of benzene rings is 1. The number of nitrogens with zero attached hydrogens (tertiary/aromatic N) is 3. The summed E-state index contributed by atoms with van der Waals surface area (Å²) in [5.41, 5.74) is 0.274. The molecule has 1 aliphatic carbocycles. The molecular formula is C28H30F3N5O4. The Bertz CT molecular complexity index is 1560. The Morgan fingerprint density at radius 3 is 2.75 bits per heavy atom. The van der Waals surface area contributed by atoms with E-state index in [1.165, 1.54) is 19.4 Å². The molecule has 3 heterocycles. The molecule has 1 aromatic carbocycles. The van der Waals surface area contributed by atoms with Gasteiger partial charge in [-0.1, -0.05) is 0 Å². The van der Waals surface area contributed by atoms with Crippen molar-refractivity contribution in [2.45, 2.75) is 57.3 Å². The van der Waals surface area contributed by atoms with Gasteiger partial charge in [-0.25, -0.2) is 18.2 Å². The standard InChI is InChI=1S/C28H30F3N5O4/c1-3-36-23(8-9-33-36)27(38)35-24(15-4-6-17(29)7-5-15)28-34-22-11-16(10-21(31)25(22)40-28)20(14-39-2)19-12-18(30)13-32-26(19)37/h8-13,15,17,20,24H,3-7,14H2,1-2H3,(H,32,37)(H,35,38). The SMILES string of the molecule is CCn1nccc1C(=O)NC(c1nc2cc(C(COC)c3cc(F)c[nH]c3=O)cc(F)c2o1)C1CCC(F)CC1. The van der Waals surface area contributed by atoms with E-state index in [0.29, 0.717) is 43.5 Å². The largest absolute Gasteiger partial charge is 0.435 e. The van der Waals surface area contributed by atoms with Crippen LogP contribution in [-0.2, 0) is 11.3 Å². The van der Waals surface area contributed by atoms with Gasteiger partial charge in [0, 0.05) is 37.5 Å². The molecule has 2 unspecified atom stereocenters. The zero-order valence-corrected chi connectivity index (χ0v) is 22.1. The van der Waals surface area contributed by atoms with Gasteiger partial charge in [-0.3, -0.25) is 14.3 Å². The summed E-state index contributed by atoms with van der Waals surface area (Å²) in [6.45, 7) is 2.33. The van der Waals surface area contributed by atoms with Crippen molar-refractivity contribution in [3.63, 3.8) is 0 Å². The zero-order chi connectivity index (χ0) is 28.4. The summed E-state index contributed by atoms with van der Waals surface area (Å²) in [5, 5.41) is 7.11. The van der Waals surface area contributed by atoms with E-state index in [-0.39, 0.29) is 35.1 Å². The number of oxazole rings is 1. The highest BCUT2D eigenvalue weighted by atomic mass is 19.1. The summed E-state index contributed by atoms with van der Waals surface area (Å²) in [7, 11) is 1.42. The van der Waals surface area contributed by atoms with Crippen LogP contribution in [0.5, 0.6) is 0 Å². The van der Waals surface area contributed by atoms with Crippen LogP contribution in [0.4, 0.5) is 13.2 Å². The first-order chi connectivity index (χ1) is 19.3. The lowest BCUT2D eigenvalue weighted by atomic mass is 9.83. The minimum Gasteiger partial charge on any atom is -0.435 e. The number of hydrogen-bond donors (Lipinski definition) is 2. The van der Waals surface area contributed by atoms with Gasteiger partial charge < -0.3 is 19.5 Å². The van der Waals surface area contributed by atoms with E-state index in [9.17, 15) is 18.4 Å². The molecule has 5 rings (SSSR count). The minimum atomic E-state index is -0.915. The first kappa shape index (κ1) is 27.6. The third-order valence-electron chi connectivity index (χ3n) is 7.47. The second-order valence-corrected chi connectivity index (χ2v) is 10.0. The molecule has 12 heteroatoms.